The van der Waals surface area contributed by atoms with E-state index in [4.69, 9.17) is 5.73 Å². The molecule has 92 valence electrons. The number of carbonyl (C=O) groups is 1. The van der Waals surface area contributed by atoms with Crippen molar-refractivity contribution in [1.29, 1.82) is 0 Å². The van der Waals surface area contributed by atoms with E-state index in [1.54, 1.807) is 0 Å². The zero-order valence-electron chi connectivity index (χ0n) is 8.90. The van der Waals surface area contributed by atoms with Gasteiger partial charge in [0.2, 0.25) is 0 Å². The maximum Gasteiger partial charge on any atom is 0.411 e. The number of benzene rings is 1. The highest BCUT2D eigenvalue weighted by Crippen LogP contribution is 2.29. The Morgan fingerprint density at radius 1 is 1.39 bits per heavy atom. The molecule has 0 spiro atoms. The van der Waals surface area contributed by atoms with Crippen LogP contribution in [0.2, 0.25) is 0 Å². The van der Waals surface area contributed by atoms with Gasteiger partial charge in [0, 0.05) is 12.1 Å². The second-order valence-corrected chi connectivity index (χ2v) is 3.26. The molecule has 8 nitrogen and oxygen atoms in total. The Bertz CT molecular complexity index is 590. The average molecular weight is 249 g/mol. The molecule has 1 amide bonds. The van der Waals surface area contributed by atoms with Gasteiger partial charge in [-0.25, -0.2) is 4.79 Å². The first-order chi connectivity index (χ1) is 8.58. The van der Waals surface area contributed by atoms with Crippen molar-refractivity contribution < 1.29 is 19.0 Å². The van der Waals surface area contributed by atoms with Crippen LogP contribution >= 0.6 is 0 Å². The molecule has 0 bridgehead atoms. The van der Waals surface area contributed by atoms with Crippen molar-refractivity contribution in [2.75, 3.05) is 0 Å². The molecule has 0 aliphatic heterocycles. The number of primary amides is 1. The molecule has 2 aromatic rings. The minimum atomic E-state index is -1.02. The third-order valence-electron chi connectivity index (χ3n) is 2.12. The SMILES string of the molecule is NC(=O)Oc1nocc1-c1ccc([N+](=O)[O-])cc1. The predicted molar refractivity (Wildman–Crippen MR) is 58.8 cm³/mol. The smallest absolute Gasteiger partial charge is 0.387 e. The lowest BCUT2D eigenvalue weighted by Crippen LogP contribution is -2.16. The molecule has 2 N–H and O–H groups in total. The van der Waals surface area contributed by atoms with Crippen LogP contribution in [0.1, 0.15) is 0 Å². The van der Waals surface area contributed by atoms with E-state index in [0.717, 1.165) is 0 Å². The monoisotopic (exact) mass is 249 g/mol. The maximum atomic E-state index is 10.6. The normalized spacial score (nSPS) is 10.0. The summed E-state index contributed by atoms with van der Waals surface area (Å²) in [6.45, 7) is 0. The first kappa shape index (κ1) is 11.6. The number of ether oxygens (including phenoxy) is 1. The van der Waals surface area contributed by atoms with Gasteiger partial charge in [-0.1, -0.05) is 0 Å². The number of aromatic nitrogens is 1. The molecular weight excluding hydrogens is 242 g/mol. The highest BCUT2D eigenvalue weighted by Gasteiger charge is 2.14. The van der Waals surface area contributed by atoms with E-state index in [0.29, 0.717) is 11.1 Å². The Hall–Kier alpha value is -2.90. The number of carbonyl (C=O) groups excluding carboxylic acids is 1. The van der Waals surface area contributed by atoms with Gasteiger partial charge in [0.15, 0.2) is 0 Å². The van der Waals surface area contributed by atoms with Crippen LogP contribution in [0, 0.1) is 10.1 Å². The number of nitrogens with zero attached hydrogens (tertiary/aromatic N) is 2. The molecule has 0 aliphatic carbocycles. The molecule has 0 saturated heterocycles. The number of hydrogen-bond acceptors (Lipinski definition) is 6. The summed E-state index contributed by atoms with van der Waals surface area (Å²) in [4.78, 5) is 20.6. The quantitative estimate of drug-likeness (QED) is 0.652. The number of non-ortho nitro benzene ring substituents is 1. The lowest BCUT2D eigenvalue weighted by molar-refractivity contribution is -0.384. The summed E-state index contributed by atoms with van der Waals surface area (Å²) >= 11 is 0. The Labute approximate surface area is 100 Å². The number of nitrogens with two attached hydrogens (primary N) is 1. The topological polar surface area (TPSA) is 121 Å². The van der Waals surface area contributed by atoms with Crippen LogP contribution in [0.15, 0.2) is 35.1 Å². The van der Waals surface area contributed by atoms with Crippen molar-refractivity contribution in [2.45, 2.75) is 0 Å². The van der Waals surface area contributed by atoms with E-state index in [2.05, 4.69) is 14.4 Å². The lowest BCUT2D eigenvalue weighted by Gasteiger charge is -2.00. The van der Waals surface area contributed by atoms with Gasteiger partial charge in [0.05, 0.1) is 10.5 Å². The van der Waals surface area contributed by atoms with Crippen molar-refractivity contribution in [3.05, 3.63) is 40.6 Å². The van der Waals surface area contributed by atoms with E-state index in [-0.39, 0.29) is 11.6 Å². The Morgan fingerprint density at radius 3 is 2.61 bits per heavy atom. The molecule has 1 aromatic heterocycles. The Balaban J connectivity index is 2.34. The molecule has 2 rings (SSSR count). The fraction of sp³-hybridized carbons (Fsp3) is 0. The first-order valence-electron chi connectivity index (χ1n) is 4.74. The van der Waals surface area contributed by atoms with E-state index >= 15 is 0 Å². The molecule has 0 saturated carbocycles. The minimum absolute atomic E-state index is 0.0485. The maximum absolute atomic E-state index is 10.6. The molecule has 1 heterocycles. The molecule has 0 atom stereocenters. The highest BCUT2D eigenvalue weighted by molar-refractivity contribution is 5.74. The number of hydrogen-bond donors (Lipinski definition) is 1. The second kappa shape index (κ2) is 4.53. The molecular formula is C10H7N3O5. The van der Waals surface area contributed by atoms with E-state index in [1.807, 2.05) is 0 Å². The summed E-state index contributed by atoms with van der Waals surface area (Å²) in [6.07, 6.45) is 0.228. The molecule has 8 heteroatoms. The predicted octanol–water partition coefficient (Wildman–Crippen LogP) is 1.71. The highest BCUT2D eigenvalue weighted by atomic mass is 16.6. The molecule has 18 heavy (non-hydrogen) atoms. The van der Waals surface area contributed by atoms with Gasteiger partial charge in [-0.3, -0.25) is 10.1 Å². The van der Waals surface area contributed by atoms with E-state index in [1.165, 1.54) is 30.5 Å². The zero-order valence-corrected chi connectivity index (χ0v) is 8.90. The molecule has 0 aliphatic rings. The zero-order chi connectivity index (χ0) is 13.1. The van der Waals surface area contributed by atoms with Crippen LogP contribution in [0.25, 0.3) is 11.1 Å². The Morgan fingerprint density at radius 2 is 2.06 bits per heavy atom. The fourth-order valence-electron chi connectivity index (χ4n) is 1.35. The number of nitro groups is 1. The van der Waals surface area contributed by atoms with Gasteiger partial charge in [-0.2, -0.15) is 0 Å². The van der Waals surface area contributed by atoms with Crippen LogP contribution in [-0.2, 0) is 0 Å². The third-order valence-corrected chi connectivity index (χ3v) is 2.12. The molecule has 0 unspecified atom stereocenters. The summed E-state index contributed by atoms with van der Waals surface area (Å²) in [7, 11) is 0. The molecule has 0 fully saturated rings. The van der Waals surface area contributed by atoms with Gasteiger partial charge in [0.1, 0.15) is 6.26 Å². The number of nitro benzene ring substituents is 1. The Kier molecular flexibility index (Phi) is 2.92. The van der Waals surface area contributed by atoms with Crippen LogP contribution in [-0.4, -0.2) is 16.2 Å². The largest absolute Gasteiger partial charge is 0.411 e. The van der Waals surface area contributed by atoms with E-state index < -0.39 is 11.0 Å². The van der Waals surface area contributed by atoms with Crippen LogP contribution in [0.4, 0.5) is 10.5 Å². The van der Waals surface area contributed by atoms with E-state index in [9.17, 15) is 14.9 Å². The van der Waals surface area contributed by atoms with Crippen molar-refractivity contribution in [3.8, 4) is 17.0 Å². The summed E-state index contributed by atoms with van der Waals surface area (Å²) < 4.78 is 9.28. The van der Waals surface area contributed by atoms with Crippen LogP contribution in [0.3, 0.4) is 0 Å². The molecule has 0 radical (unpaired) electrons. The van der Waals surface area contributed by atoms with Gasteiger partial charge >= 0.3 is 6.09 Å². The van der Waals surface area contributed by atoms with Crippen LogP contribution < -0.4 is 10.5 Å². The van der Waals surface area contributed by atoms with Gasteiger partial charge in [0.25, 0.3) is 11.6 Å². The second-order valence-electron chi connectivity index (χ2n) is 3.26. The van der Waals surface area contributed by atoms with Crippen molar-refractivity contribution in [1.82, 2.24) is 5.16 Å². The number of rotatable bonds is 3. The summed E-state index contributed by atoms with van der Waals surface area (Å²) in [5, 5.41) is 14.0. The number of amides is 1. The standard InChI is InChI=1S/C10H7N3O5/c11-10(14)18-9-8(5-17-12-9)6-1-3-7(4-2-6)13(15)16/h1-5H,(H2,11,14). The average Bonchev–Trinajstić information content (AvgIpc) is 2.76. The van der Waals surface area contributed by atoms with Crippen LogP contribution in [0.5, 0.6) is 5.88 Å². The first-order valence-corrected chi connectivity index (χ1v) is 4.74. The van der Waals surface area contributed by atoms with Gasteiger partial charge < -0.3 is 15.0 Å². The summed E-state index contributed by atoms with van der Waals surface area (Å²) in [5.74, 6) is -0.0867. The van der Waals surface area contributed by atoms with Crippen molar-refractivity contribution in [3.63, 3.8) is 0 Å². The third kappa shape index (κ3) is 2.26. The minimum Gasteiger partial charge on any atom is -0.387 e. The van der Waals surface area contributed by atoms with Gasteiger partial charge in [-0.15, -0.1) is 0 Å². The van der Waals surface area contributed by atoms with Gasteiger partial charge in [-0.05, 0) is 22.9 Å². The lowest BCUT2D eigenvalue weighted by atomic mass is 10.1. The summed E-state index contributed by atoms with van der Waals surface area (Å²) in [6, 6.07) is 5.60. The van der Waals surface area contributed by atoms with Crippen molar-refractivity contribution >= 4 is 11.8 Å². The van der Waals surface area contributed by atoms with Crippen molar-refractivity contribution in [2.24, 2.45) is 5.73 Å². The fourth-order valence-corrected chi connectivity index (χ4v) is 1.35. The summed E-state index contributed by atoms with van der Waals surface area (Å²) in [5.41, 5.74) is 5.75. The molecule has 1 aromatic carbocycles.